The lowest BCUT2D eigenvalue weighted by Gasteiger charge is -2.35. The lowest BCUT2D eigenvalue weighted by molar-refractivity contribution is -0.150. The molecule has 1 saturated heterocycles. The minimum Gasteiger partial charge on any atom is -0.480 e. The molecule has 0 radical (unpaired) electrons. The first-order valence-electron chi connectivity index (χ1n) is 11.7. The van der Waals surface area contributed by atoms with Crippen LogP contribution in [0.15, 0.2) is 30.3 Å². The van der Waals surface area contributed by atoms with Crippen molar-refractivity contribution in [2.24, 2.45) is 5.41 Å². The highest BCUT2D eigenvalue weighted by Crippen LogP contribution is 2.31. The summed E-state index contributed by atoms with van der Waals surface area (Å²) in [4.78, 5) is 43.9. The van der Waals surface area contributed by atoms with Gasteiger partial charge in [0.25, 0.3) is 0 Å². The van der Waals surface area contributed by atoms with Crippen molar-refractivity contribution < 1.29 is 29.0 Å². The van der Waals surface area contributed by atoms with Gasteiger partial charge in [-0.25, -0.2) is 14.6 Å². The Bertz CT molecular complexity index is 1120. The van der Waals surface area contributed by atoms with E-state index in [2.05, 4.69) is 10.3 Å². The van der Waals surface area contributed by atoms with Crippen LogP contribution in [-0.4, -0.2) is 63.3 Å². The van der Waals surface area contributed by atoms with Crippen LogP contribution in [0.1, 0.15) is 53.7 Å². The summed E-state index contributed by atoms with van der Waals surface area (Å²) in [6.45, 7) is 12.5. The predicted octanol–water partition coefficient (Wildman–Crippen LogP) is 3.92. The maximum atomic E-state index is 13.6. The highest BCUT2D eigenvalue weighted by molar-refractivity contribution is 5.91. The van der Waals surface area contributed by atoms with Crippen LogP contribution in [0.5, 0.6) is 5.88 Å². The van der Waals surface area contributed by atoms with Crippen molar-refractivity contribution in [2.45, 2.75) is 78.7 Å². The Morgan fingerprint density at radius 1 is 1.14 bits per heavy atom. The number of amides is 2. The third-order valence-electron chi connectivity index (χ3n) is 5.72. The third kappa shape index (κ3) is 6.41. The number of likely N-dealkylation sites (tertiary alicyclic amines) is 1. The monoisotopic (exact) mass is 485 g/mol. The van der Waals surface area contributed by atoms with Gasteiger partial charge in [0, 0.05) is 17.5 Å². The van der Waals surface area contributed by atoms with Crippen LogP contribution < -0.4 is 10.1 Å². The van der Waals surface area contributed by atoms with Crippen LogP contribution in [0.3, 0.4) is 0 Å². The summed E-state index contributed by atoms with van der Waals surface area (Å²) in [7, 11) is 0. The first kappa shape index (κ1) is 26.2. The Morgan fingerprint density at radius 2 is 1.80 bits per heavy atom. The summed E-state index contributed by atoms with van der Waals surface area (Å²) in [5, 5.41) is 14.3. The zero-order valence-corrected chi connectivity index (χ0v) is 21.4. The van der Waals surface area contributed by atoms with E-state index < -0.39 is 47.2 Å². The van der Waals surface area contributed by atoms with Crippen molar-refractivity contribution in [1.82, 2.24) is 15.2 Å². The first-order chi connectivity index (χ1) is 16.2. The van der Waals surface area contributed by atoms with E-state index in [1.807, 2.05) is 37.3 Å². The maximum Gasteiger partial charge on any atom is 0.408 e. The average Bonchev–Trinajstić information content (AvgIpc) is 3.13. The molecule has 0 spiro atoms. The van der Waals surface area contributed by atoms with Gasteiger partial charge in [-0.1, -0.05) is 39.0 Å². The number of nitrogens with zero attached hydrogens (tertiary/aromatic N) is 2. The lowest BCUT2D eigenvalue weighted by Crippen LogP contribution is -2.57. The molecule has 1 fully saturated rings. The number of carboxylic acid groups (broad SMARTS) is 1. The number of aromatic nitrogens is 1. The van der Waals surface area contributed by atoms with Crippen LogP contribution in [0, 0.1) is 12.3 Å². The Kier molecular flexibility index (Phi) is 7.29. The molecular weight excluding hydrogens is 450 g/mol. The number of ether oxygens (including phenoxy) is 2. The number of rotatable bonds is 5. The highest BCUT2D eigenvalue weighted by Gasteiger charge is 2.46. The topological polar surface area (TPSA) is 118 Å². The quantitative estimate of drug-likeness (QED) is 0.659. The molecule has 2 amide bonds. The number of nitrogens with one attached hydrogen (secondary N) is 1. The fourth-order valence-electron chi connectivity index (χ4n) is 4.14. The van der Waals surface area contributed by atoms with Crippen molar-refractivity contribution in [3.05, 3.63) is 36.0 Å². The number of fused-ring (bicyclic) bond motifs is 1. The summed E-state index contributed by atoms with van der Waals surface area (Å²) >= 11 is 0. The van der Waals surface area contributed by atoms with Gasteiger partial charge in [-0.2, -0.15) is 0 Å². The number of pyridine rings is 1. The predicted molar refractivity (Wildman–Crippen MR) is 131 cm³/mol. The molecule has 1 aromatic carbocycles. The summed E-state index contributed by atoms with van der Waals surface area (Å²) in [6, 6.07) is 7.52. The second-order valence-electron chi connectivity index (χ2n) is 11.1. The molecule has 2 heterocycles. The van der Waals surface area contributed by atoms with Gasteiger partial charge in [-0.15, -0.1) is 0 Å². The van der Waals surface area contributed by atoms with Crippen molar-refractivity contribution in [1.29, 1.82) is 0 Å². The normalized spacial score (nSPS) is 19.3. The van der Waals surface area contributed by atoms with Crippen LogP contribution in [-0.2, 0) is 14.3 Å². The molecule has 2 N–H and O–H groups in total. The summed E-state index contributed by atoms with van der Waals surface area (Å²) in [6.07, 6.45) is -1.20. The Labute approximate surface area is 205 Å². The van der Waals surface area contributed by atoms with E-state index in [1.54, 1.807) is 41.5 Å². The standard InChI is InChI=1S/C26H35N3O6/c1-15-12-16-10-8-9-11-18(16)21(27-15)34-17-13-19(23(31)32)29(14-17)22(30)20(25(2,3)4)28-24(33)35-26(5,6)7/h8-12,17,19-20H,13-14H2,1-7H3,(H,28,33)(H,31,32)/t17-,19+,20-/m1/s1. The molecule has 0 aliphatic carbocycles. The molecular formula is C26H35N3O6. The second-order valence-corrected chi connectivity index (χ2v) is 11.1. The number of benzene rings is 1. The summed E-state index contributed by atoms with van der Waals surface area (Å²) < 4.78 is 11.5. The van der Waals surface area contributed by atoms with E-state index in [-0.39, 0.29) is 13.0 Å². The molecule has 1 aliphatic heterocycles. The summed E-state index contributed by atoms with van der Waals surface area (Å²) in [5.74, 6) is -1.22. The number of aliphatic carboxylic acids is 1. The fraction of sp³-hybridized carbons (Fsp3) is 0.538. The molecule has 9 nitrogen and oxygen atoms in total. The summed E-state index contributed by atoms with van der Waals surface area (Å²) in [5.41, 5.74) is -0.659. The number of alkyl carbamates (subject to hydrolysis) is 1. The number of carboxylic acids is 1. The zero-order valence-electron chi connectivity index (χ0n) is 21.4. The third-order valence-corrected chi connectivity index (χ3v) is 5.72. The van der Waals surface area contributed by atoms with E-state index in [0.29, 0.717) is 5.88 Å². The molecule has 0 unspecified atom stereocenters. The second kappa shape index (κ2) is 9.71. The van der Waals surface area contributed by atoms with Gasteiger partial charge in [-0.3, -0.25) is 4.79 Å². The van der Waals surface area contributed by atoms with Gasteiger partial charge in [0.2, 0.25) is 11.8 Å². The number of hydrogen-bond donors (Lipinski definition) is 2. The van der Waals surface area contributed by atoms with Gasteiger partial charge in [0.05, 0.1) is 6.54 Å². The minimum absolute atomic E-state index is 0.0579. The molecule has 2 aromatic rings. The number of hydrogen-bond acceptors (Lipinski definition) is 6. The van der Waals surface area contributed by atoms with Crippen LogP contribution >= 0.6 is 0 Å². The number of carbonyl (C=O) groups excluding carboxylic acids is 2. The van der Waals surface area contributed by atoms with Gasteiger partial charge < -0.3 is 24.8 Å². The SMILES string of the molecule is Cc1cc2ccccc2c(O[C@@H]2C[C@@H](C(=O)O)N(C(=O)[C@@H](NC(=O)OC(C)(C)C)C(C)(C)C)C2)n1. The Morgan fingerprint density at radius 3 is 2.40 bits per heavy atom. The van der Waals surface area contributed by atoms with E-state index in [9.17, 15) is 19.5 Å². The smallest absolute Gasteiger partial charge is 0.408 e. The van der Waals surface area contributed by atoms with E-state index >= 15 is 0 Å². The van der Waals surface area contributed by atoms with E-state index in [4.69, 9.17) is 9.47 Å². The largest absolute Gasteiger partial charge is 0.480 e. The highest BCUT2D eigenvalue weighted by atomic mass is 16.6. The average molecular weight is 486 g/mol. The molecule has 3 rings (SSSR count). The van der Waals surface area contributed by atoms with E-state index in [0.717, 1.165) is 16.5 Å². The lowest BCUT2D eigenvalue weighted by atomic mass is 9.85. The molecule has 0 bridgehead atoms. The van der Waals surface area contributed by atoms with Crippen molar-refractivity contribution in [3.8, 4) is 5.88 Å². The Balaban J connectivity index is 1.85. The van der Waals surface area contributed by atoms with Gasteiger partial charge in [-0.05, 0) is 50.6 Å². The zero-order chi connectivity index (χ0) is 26.1. The van der Waals surface area contributed by atoms with Crippen LogP contribution in [0.2, 0.25) is 0 Å². The van der Waals surface area contributed by atoms with Crippen molar-refractivity contribution in [3.63, 3.8) is 0 Å². The number of aryl methyl sites for hydroxylation is 1. The van der Waals surface area contributed by atoms with Crippen LogP contribution in [0.4, 0.5) is 4.79 Å². The van der Waals surface area contributed by atoms with Gasteiger partial charge >= 0.3 is 12.1 Å². The Hall–Kier alpha value is -3.36. The van der Waals surface area contributed by atoms with Crippen molar-refractivity contribution in [2.75, 3.05) is 6.54 Å². The molecule has 190 valence electrons. The van der Waals surface area contributed by atoms with Gasteiger partial charge in [0.15, 0.2) is 0 Å². The molecule has 35 heavy (non-hydrogen) atoms. The molecule has 3 atom stereocenters. The fourth-order valence-corrected chi connectivity index (χ4v) is 4.14. The number of carbonyl (C=O) groups is 3. The van der Waals surface area contributed by atoms with Crippen molar-refractivity contribution >= 4 is 28.7 Å². The first-order valence-corrected chi connectivity index (χ1v) is 11.7. The minimum atomic E-state index is -1.13. The maximum absolute atomic E-state index is 13.6. The molecule has 1 aromatic heterocycles. The molecule has 0 saturated carbocycles. The van der Waals surface area contributed by atoms with E-state index in [1.165, 1.54) is 4.90 Å². The molecule has 9 heteroatoms. The molecule has 1 aliphatic rings. The van der Waals surface area contributed by atoms with Crippen LogP contribution in [0.25, 0.3) is 10.8 Å². The van der Waals surface area contributed by atoms with Gasteiger partial charge in [0.1, 0.15) is 23.8 Å².